The maximum absolute atomic E-state index is 13.1. The van der Waals surface area contributed by atoms with Crippen LogP contribution in [0.4, 0.5) is 10.1 Å². The van der Waals surface area contributed by atoms with Gasteiger partial charge in [0.25, 0.3) is 5.69 Å². The van der Waals surface area contributed by atoms with E-state index in [1.54, 1.807) is 6.07 Å². The van der Waals surface area contributed by atoms with Crippen LogP contribution in [0.2, 0.25) is 0 Å². The molecule has 0 aliphatic rings. The number of halogens is 1. The molecule has 0 saturated heterocycles. The van der Waals surface area contributed by atoms with Crippen LogP contribution in [0.15, 0.2) is 48.5 Å². The molecule has 0 saturated carbocycles. The number of nitrogens with one attached hydrogen (secondary N) is 1. The molecule has 7 nitrogen and oxygen atoms in total. The molecule has 2 rings (SSSR count). The number of nitrogens with zero attached hydrogens (tertiary/aromatic N) is 1. The Bertz CT molecular complexity index is 792. The molecule has 0 aliphatic heterocycles. The average Bonchev–Trinajstić information content (AvgIpc) is 2.54. The molecule has 1 atom stereocenters. The van der Waals surface area contributed by atoms with E-state index < -0.39 is 28.7 Å². The number of benzene rings is 2. The molecule has 0 aliphatic carbocycles. The number of hydrogen-bond acceptors (Lipinski definition) is 4. The molecular weight excluding hydrogens is 331 g/mol. The van der Waals surface area contributed by atoms with Gasteiger partial charge in [-0.15, -0.1) is 0 Å². The van der Waals surface area contributed by atoms with Crippen molar-refractivity contribution in [3.8, 4) is 0 Å². The summed E-state index contributed by atoms with van der Waals surface area (Å²) >= 11 is 0. The molecule has 25 heavy (non-hydrogen) atoms. The van der Waals surface area contributed by atoms with Crippen molar-refractivity contribution in [2.45, 2.75) is 18.9 Å². The van der Waals surface area contributed by atoms with E-state index in [0.717, 1.165) is 0 Å². The van der Waals surface area contributed by atoms with Gasteiger partial charge >= 0.3 is 5.97 Å². The summed E-state index contributed by atoms with van der Waals surface area (Å²) in [7, 11) is 0. The lowest BCUT2D eigenvalue weighted by Gasteiger charge is -2.14. The monoisotopic (exact) mass is 346 g/mol. The van der Waals surface area contributed by atoms with Gasteiger partial charge in [0.2, 0.25) is 5.91 Å². The van der Waals surface area contributed by atoms with Crippen molar-refractivity contribution in [2.75, 3.05) is 0 Å². The number of carbonyl (C=O) groups is 2. The molecule has 0 aromatic heterocycles. The fraction of sp³-hybridized carbons (Fsp3) is 0.176. The number of non-ortho nitro benzene ring substituents is 1. The summed E-state index contributed by atoms with van der Waals surface area (Å²) in [6.07, 6.45) is -0.177. The molecule has 2 N–H and O–H groups in total. The zero-order valence-electron chi connectivity index (χ0n) is 13.0. The molecule has 2 aromatic rings. The van der Waals surface area contributed by atoms with Gasteiger partial charge in [-0.25, -0.2) is 9.18 Å². The second-order valence-electron chi connectivity index (χ2n) is 5.39. The minimum absolute atomic E-state index is 0.0256. The highest BCUT2D eigenvalue weighted by atomic mass is 19.1. The van der Waals surface area contributed by atoms with Crippen LogP contribution in [0.1, 0.15) is 11.1 Å². The maximum atomic E-state index is 13.1. The lowest BCUT2D eigenvalue weighted by Crippen LogP contribution is -2.43. The standard InChI is InChI=1S/C17H15FN2O5/c18-13-3-1-2-12(8-13)10-16(21)19-15(17(22)23)9-11-4-6-14(7-5-11)20(24)25/h1-8,15H,9-10H2,(H,19,21)(H,22,23)/t15-/m1/s1. The molecule has 0 fully saturated rings. The number of nitro groups is 1. The number of nitro benzene ring substituents is 1. The number of carbonyl (C=O) groups excluding carboxylic acids is 1. The highest BCUT2D eigenvalue weighted by molar-refractivity contribution is 5.85. The summed E-state index contributed by atoms with van der Waals surface area (Å²) in [4.78, 5) is 33.4. The van der Waals surface area contributed by atoms with Crippen molar-refractivity contribution < 1.29 is 24.0 Å². The van der Waals surface area contributed by atoms with E-state index in [1.807, 2.05) is 0 Å². The van der Waals surface area contributed by atoms with Gasteiger partial charge < -0.3 is 10.4 Å². The zero-order chi connectivity index (χ0) is 18.4. The van der Waals surface area contributed by atoms with Gasteiger partial charge in [-0.2, -0.15) is 0 Å². The molecule has 0 heterocycles. The summed E-state index contributed by atoms with van der Waals surface area (Å²) < 4.78 is 13.1. The Morgan fingerprint density at radius 3 is 2.40 bits per heavy atom. The summed E-state index contributed by atoms with van der Waals surface area (Å²) in [5, 5.41) is 22.2. The molecule has 2 aromatic carbocycles. The first-order valence-corrected chi connectivity index (χ1v) is 7.35. The van der Waals surface area contributed by atoms with Crippen LogP contribution in [-0.2, 0) is 22.4 Å². The minimum Gasteiger partial charge on any atom is -0.480 e. The highest BCUT2D eigenvalue weighted by Crippen LogP contribution is 2.13. The zero-order valence-corrected chi connectivity index (χ0v) is 13.0. The molecule has 0 spiro atoms. The molecule has 0 unspecified atom stereocenters. The molecule has 0 radical (unpaired) electrons. The molecule has 130 valence electrons. The fourth-order valence-corrected chi connectivity index (χ4v) is 2.27. The largest absolute Gasteiger partial charge is 0.480 e. The summed E-state index contributed by atoms with van der Waals surface area (Å²) in [5.41, 5.74) is 0.854. The van der Waals surface area contributed by atoms with Crippen molar-refractivity contribution in [1.82, 2.24) is 5.32 Å². The highest BCUT2D eigenvalue weighted by Gasteiger charge is 2.21. The molecular formula is C17H15FN2O5. The topological polar surface area (TPSA) is 110 Å². The van der Waals surface area contributed by atoms with Crippen LogP contribution in [0.3, 0.4) is 0 Å². The van der Waals surface area contributed by atoms with Gasteiger partial charge in [-0.05, 0) is 23.3 Å². The van der Waals surface area contributed by atoms with Gasteiger partial charge in [-0.1, -0.05) is 24.3 Å². The SMILES string of the molecule is O=C(Cc1cccc(F)c1)N[C@H](Cc1ccc([N+](=O)[O-])cc1)C(=O)O. The van der Waals surface area contributed by atoms with Crippen molar-refractivity contribution >= 4 is 17.6 Å². The number of amides is 1. The summed E-state index contributed by atoms with van der Waals surface area (Å²) in [5.74, 6) is -2.27. The van der Waals surface area contributed by atoms with E-state index in [0.29, 0.717) is 11.1 Å². The van der Waals surface area contributed by atoms with Crippen LogP contribution < -0.4 is 5.32 Å². The third kappa shape index (κ3) is 5.38. The number of hydrogen-bond donors (Lipinski definition) is 2. The van der Waals surface area contributed by atoms with Gasteiger partial charge in [0.1, 0.15) is 11.9 Å². The fourth-order valence-electron chi connectivity index (χ4n) is 2.27. The Balaban J connectivity index is 2.01. The van der Waals surface area contributed by atoms with Gasteiger partial charge in [-0.3, -0.25) is 14.9 Å². The van der Waals surface area contributed by atoms with E-state index in [4.69, 9.17) is 0 Å². The lowest BCUT2D eigenvalue weighted by atomic mass is 10.0. The van der Waals surface area contributed by atoms with Crippen LogP contribution in [0.5, 0.6) is 0 Å². The second kappa shape index (κ2) is 8.00. The van der Waals surface area contributed by atoms with Crippen LogP contribution in [-0.4, -0.2) is 27.9 Å². The third-order valence-corrected chi connectivity index (χ3v) is 3.47. The van der Waals surface area contributed by atoms with E-state index in [1.165, 1.54) is 42.5 Å². The van der Waals surface area contributed by atoms with E-state index in [-0.39, 0.29) is 18.5 Å². The lowest BCUT2D eigenvalue weighted by molar-refractivity contribution is -0.384. The molecule has 1 amide bonds. The van der Waals surface area contributed by atoms with Crippen molar-refractivity contribution in [3.05, 3.63) is 75.6 Å². The summed E-state index contributed by atoms with van der Waals surface area (Å²) in [6.45, 7) is 0. The van der Waals surface area contributed by atoms with E-state index >= 15 is 0 Å². The van der Waals surface area contributed by atoms with E-state index in [9.17, 15) is 29.2 Å². The van der Waals surface area contributed by atoms with Crippen LogP contribution >= 0.6 is 0 Å². The smallest absolute Gasteiger partial charge is 0.326 e. The minimum atomic E-state index is -1.23. The predicted octanol–water partition coefficient (Wildman–Crippen LogP) is 2.09. The first kappa shape index (κ1) is 18.1. The number of rotatable bonds is 7. The van der Waals surface area contributed by atoms with E-state index in [2.05, 4.69) is 5.32 Å². The maximum Gasteiger partial charge on any atom is 0.326 e. The van der Waals surface area contributed by atoms with Crippen molar-refractivity contribution in [1.29, 1.82) is 0 Å². The van der Waals surface area contributed by atoms with Crippen molar-refractivity contribution in [2.24, 2.45) is 0 Å². The van der Waals surface area contributed by atoms with Crippen LogP contribution in [0.25, 0.3) is 0 Å². The molecule has 8 heteroatoms. The third-order valence-electron chi connectivity index (χ3n) is 3.47. The first-order chi connectivity index (χ1) is 11.8. The first-order valence-electron chi connectivity index (χ1n) is 7.35. The Hall–Kier alpha value is -3.29. The van der Waals surface area contributed by atoms with Gasteiger partial charge in [0.05, 0.1) is 11.3 Å². The normalized spacial score (nSPS) is 11.6. The number of carboxylic acid groups (broad SMARTS) is 1. The Labute approximate surface area is 142 Å². The predicted molar refractivity (Wildman–Crippen MR) is 86.5 cm³/mol. The molecule has 0 bridgehead atoms. The Morgan fingerprint density at radius 2 is 1.84 bits per heavy atom. The van der Waals surface area contributed by atoms with Gasteiger partial charge in [0, 0.05) is 18.6 Å². The van der Waals surface area contributed by atoms with Gasteiger partial charge in [0.15, 0.2) is 0 Å². The number of aliphatic carboxylic acids is 1. The Morgan fingerprint density at radius 1 is 1.16 bits per heavy atom. The van der Waals surface area contributed by atoms with Crippen molar-refractivity contribution in [3.63, 3.8) is 0 Å². The average molecular weight is 346 g/mol. The Kier molecular flexibility index (Phi) is 5.78. The second-order valence-corrected chi connectivity index (χ2v) is 5.39. The summed E-state index contributed by atoms with van der Waals surface area (Å²) in [6, 6.07) is 9.69. The number of carboxylic acids is 1. The quantitative estimate of drug-likeness (QED) is 0.589. The van der Waals surface area contributed by atoms with Crippen LogP contribution in [0, 0.1) is 15.9 Å².